The van der Waals surface area contributed by atoms with Crippen LogP contribution in [0.2, 0.25) is 0 Å². The van der Waals surface area contributed by atoms with Crippen molar-refractivity contribution in [1.29, 1.82) is 0 Å². The van der Waals surface area contributed by atoms with Crippen molar-refractivity contribution in [3.63, 3.8) is 0 Å². The summed E-state index contributed by atoms with van der Waals surface area (Å²) in [6, 6.07) is 4.40. The van der Waals surface area contributed by atoms with Crippen LogP contribution in [0.1, 0.15) is 57.4 Å². The molecule has 1 aliphatic carbocycles. The Labute approximate surface area is 153 Å². The summed E-state index contributed by atoms with van der Waals surface area (Å²) in [6.45, 7) is 6.69. The molecule has 1 aliphatic heterocycles. The van der Waals surface area contributed by atoms with Gasteiger partial charge in [-0.25, -0.2) is 0 Å². The van der Waals surface area contributed by atoms with E-state index in [-0.39, 0.29) is 11.8 Å². The number of H-pyrrole nitrogens is 1. The summed E-state index contributed by atoms with van der Waals surface area (Å²) in [7, 11) is 0. The number of carbonyl (C=O) groups is 2. The van der Waals surface area contributed by atoms with Crippen LogP contribution in [-0.2, 0) is 0 Å². The Morgan fingerprint density at radius 1 is 1.04 bits per heavy atom. The summed E-state index contributed by atoms with van der Waals surface area (Å²) in [6.07, 6.45) is 6.72. The van der Waals surface area contributed by atoms with E-state index in [0.717, 1.165) is 17.7 Å². The molecule has 138 valence electrons. The number of rotatable bonds is 3. The Morgan fingerprint density at radius 2 is 1.73 bits per heavy atom. The maximum Gasteiger partial charge on any atom is 0.255 e. The van der Waals surface area contributed by atoms with Gasteiger partial charge in [-0.2, -0.15) is 0 Å². The summed E-state index contributed by atoms with van der Waals surface area (Å²) >= 11 is 0. The van der Waals surface area contributed by atoms with E-state index in [1.54, 1.807) is 18.5 Å². The topological polar surface area (TPSA) is 61.3 Å². The second kappa shape index (κ2) is 6.67. The van der Waals surface area contributed by atoms with Gasteiger partial charge in [0.15, 0.2) is 0 Å². The highest BCUT2D eigenvalue weighted by Gasteiger charge is 2.30. The van der Waals surface area contributed by atoms with Gasteiger partial charge in [0, 0.05) is 56.0 Å². The first-order valence-corrected chi connectivity index (χ1v) is 9.46. The first kappa shape index (κ1) is 16.9. The Hall–Kier alpha value is -2.50. The van der Waals surface area contributed by atoms with Crippen LogP contribution in [0.25, 0.3) is 0 Å². The minimum Gasteiger partial charge on any atom is -0.367 e. The summed E-state index contributed by atoms with van der Waals surface area (Å²) in [5.74, 6) is 0.133. The van der Waals surface area contributed by atoms with Crippen molar-refractivity contribution in [1.82, 2.24) is 19.4 Å². The van der Waals surface area contributed by atoms with E-state index in [1.165, 1.54) is 18.5 Å². The van der Waals surface area contributed by atoms with Crippen LogP contribution in [0, 0.1) is 13.8 Å². The number of aromatic amines is 1. The molecule has 2 aromatic rings. The van der Waals surface area contributed by atoms with Gasteiger partial charge in [-0.3, -0.25) is 9.59 Å². The lowest BCUT2D eigenvalue weighted by Crippen LogP contribution is -2.37. The molecule has 0 unspecified atom stereocenters. The molecule has 2 aliphatic rings. The van der Waals surface area contributed by atoms with E-state index in [2.05, 4.69) is 23.4 Å². The fourth-order valence-corrected chi connectivity index (χ4v) is 4.02. The minimum atomic E-state index is 0.0347. The van der Waals surface area contributed by atoms with Gasteiger partial charge in [0.2, 0.25) is 0 Å². The van der Waals surface area contributed by atoms with Gasteiger partial charge in [0.25, 0.3) is 11.8 Å². The zero-order chi connectivity index (χ0) is 18.3. The molecule has 2 aromatic heterocycles. The number of hydrogen-bond donors (Lipinski definition) is 1. The highest BCUT2D eigenvalue weighted by Crippen LogP contribution is 2.38. The minimum absolute atomic E-state index is 0.0347. The van der Waals surface area contributed by atoms with E-state index in [1.807, 2.05) is 15.9 Å². The van der Waals surface area contributed by atoms with Crippen molar-refractivity contribution in [3.05, 3.63) is 47.0 Å². The first-order chi connectivity index (χ1) is 12.6. The van der Waals surface area contributed by atoms with Crippen LogP contribution in [-0.4, -0.2) is 57.3 Å². The van der Waals surface area contributed by atoms with Crippen molar-refractivity contribution < 1.29 is 9.59 Å². The molecule has 6 nitrogen and oxygen atoms in total. The molecule has 26 heavy (non-hydrogen) atoms. The molecule has 0 bridgehead atoms. The van der Waals surface area contributed by atoms with E-state index >= 15 is 0 Å². The monoisotopic (exact) mass is 354 g/mol. The van der Waals surface area contributed by atoms with Crippen LogP contribution in [0.5, 0.6) is 0 Å². The third-order valence-electron chi connectivity index (χ3n) is 5.54. The Kier molecular flexibility index (Phi) is 4.34. The van der Waals surface area contributed by atoms with Crippen molar-refractivity contribution in [2.45, 2.75) is 39.2 Å². The number of nitrogens with zero attached hydrogens (tertiary/aromatic N) is 3. The quantitative estimate of drug-likeness (QED) is 0.921. The zero-order valence-corrected chi connectivity index (χ0v) is 15.5. The highest BCUT2D eigenvalue weighted by atomic mass is 16.2. The van der Waals surface area contributed by atoms with Crippen molar-refractivity contribution in [2.24, 2.45) is 0 Å². The average Bonchev–Trinajstić information content (AvgIpc) is 3.29. The van der Waals surface area contributed by atoms with Gasteiger partial charge in [-0.05, 0) is 45.2 Å². The van der Waals surface area contributed by atoms with Gasteiger partial charge in [0.05, 0.1) is 11.1 Å². The van der Waals surface area contributed by atoms with Crippen molar-refractivity contribution in [3.8, 4) is 0 Å². The lowest BCUT2D eigenvalue weighted by molar-refractivity contribution is 0.0718. The second-order valence-electron chi connectivity index (χ2n) is 7.42. The Balaban J connectivity index is 1.46. The van der Waals surface area contributed by atoms with E-state index < -0.39 is 0 Å². The second-order valence-corrected chi connectivity index (χ2v) is 7.42. The fraction of sp³-hybridized carbons (Fsp3) is 0.500. The third-order valence-corrected chi connectivity index (χ3v) is 5.54. The smallest absolute Gasteiger partial charge is 0.255 e. The number of aromatic nitrogens is 2. The molecular weight excluding hydrogens is 328 g/mol. The predicted octanol–water partition coefficient (Wildman–Crippen LogP) is 2.76. The molecule has 0 radical (unpaired) electrons. The normalized spacial score (nSPS) is 18.1. The van der Waals surface area contributed by atoms with Crippen LogP contribution in [0.4, 0.5) is 0 Å². The van der Waals surface area contributed by atoms with Crippen LogP contribution >= 0.6 is 0 Å². The zero-order valence-electron chi connectivity index (χ0n) is 15.5. The molecule has 1 saturated carbocycles. The molecule has 1 N–H and O–H groups in total. The predicted molar refractivity (Wildman–Crippen MR) is 99.4 cm³/mol. The van der Waals surface area contributed by atoms with E-state index in [0.29, 0.717) is 37.8 Å². The van der Waals surface area contributed by atoms with Crippen LogP contribution < -0.4 is 0 Å². The first-order valence-electron chi connectivity index (χ1n) is 9.46. The van der Waals surface area contributed by atoms with Crippen LogP contribution in [0.3, 0.4) is 0 Å². The number of aryl methyl sites for hydroxylation is 1. The van der Waals surface area contributed by atoms with Gasteiger partial charge in [-0.15, -0.1) is 0 Å². The molecule has 4 rings (SSSR count). The number of nitrogens with one attached hydrogen (secondary N) is 1. The van der Waals surface area contributed by atoms with Gasteiger partial charge in [-0.1, -0.05) is 0 Å². The Morgan fingerprint density at radius 3 is 2.35 bits per heavy atom. The maximum absolute atomic E-state index is 13.1. The number of hydrogen-bond acceptors (Lipinski definition) is 2. The summed E-state index contributed by atoms with van der Waals surface area (Å²) < 4.78 is 2.31. The average molecular weight is 354 g/mol. The molecule has 0 spiro atoms. The SMILES string of the molecule is Cc1cc(C(=O)N2CCCN(C(=O)c3cc[nH]c3)CC2)c(C)n1C1CC1. The number of carbonyl (C=O) groups excluding carboxylic acids is 2. The van der Waals surface area contributed by atoms with E-state index in [4.69, 9.17) is 0 Å². The van der Waals surface area contributed by atoms with Gasteiger partial charge < -0.3 is 19.4 Å². The van der Waals surface area contributed by atoms with E-state index in [9.17, 15) is 9.59 Å². The summed E-state index contributed by atoms with van der Waals surface area (Å²) in [5, 5.41) is 0. The van der Waals surface area contributed by atoms with Crippen LogP contribution in [0.15, 0.2) is 24.5 Å². The third kappa shape index (κ3) is 3.04. The molecule has 6 heteroatoms. The summed E-state index contributed by atoms with van der Waals surface area (Å²) in [5.41, 5.74) is 3.75. The highest BCUT2D eigenvalue weighted by molar-refractivity contribution is 5.96. The molecule has 2 fully saturated rings. The summed E-state index contributed by atoms with van der Waals surface area (Å²) in [4.78, 5) is 32.3. The van der Waals surface area contributed by atoms with Gasteiger partial charge in [0.1, 0.15) is 0 Å². The lowest BCUT2D eigenvalue weighted by Gasteiger charge is -2.22. The largest absolute Gasteiger partial charge is 0.367 e. The molecule has 0 atom stereocenters. The van der Waals surface area contributed by atoms with Crippen molar-refractivity contribution in [2.75, 3.05) is 26.2 Å². The fourth-order valence-electron chi connectivity index (χ4n) is 4.02. The standard InChI is InChI=1S/C20H26N4O2/c1-14-12-18(15(2)24(14)17-4-5-17)20(26)23-9-3-8-22(10-11-23)19(25)16-6-7-21-13-16/h6-7,12-13,17,21H,3-5,8-11H2,1-2H3. The Bertz CT molecular complexity index is 817. The molecule has 3 heterocycles. The number of amides is 2. The van der Waals surface area contributed by atoms with Gasteiger partial charge >= 0.3 is 0 Å². The molecular formula is C20H26N4O2. The molecule has 2 amide bonds. The maximum atomic E-state index is 13.1. The molecule has 0 aromatic carbocycles. The lowest BCUT2D eigenvalue weighted by atomic mass is 10.2. The van der Waals surface area contributed by atoms with Crippen molar-refractivity contribution >= 4 is 11.8 Å². The molecule has 1 saturated heterocycles.